The van der Waals surface area contributed by atoms with E-state index >= 15 is 0 Å². The highest BCUT2D eigenvalue weighted by molar-refractivity contribution is 6.48. The number of ketones is 1. The highest BCUT2D eigenvalue weighted by Gasteiger charge is 2.25. The Hall–Kier alpha value is -4.08. The summed E-state index contributed by atoms with van der Waals surface area (Å²) in [6, 6.07) is 17.1. The van der Waals surface area contributed by atoms with Crippen LogP contribution < -0.4 is 10.1 Å². The molecule has 1 aromatic heterocycles. The zero-order valence-electron chi connectivity index (χ0n) is 23.9. The molecule has 1 aliphatic rings. The van der Waals surface area contributed by atoms with Gasteiger partial charge in [-0.15, -0.1) is 0 Å². The molecule has 3 aromatic carbocycles. The van der Waals surface area contributed by atoms with Crippen molar-refractivity contribution in [2.75, 3.05) is 44.8 Å². The van der Waals surface area contributed by atoms with E-state index in [1.54, 1.807) is 37.3 Å². The summed E-state index contributed by atoms with van der Waals surface area (Å²) in [7, 11) is 0. The second-order valence-electron chi connectivity index (χ2n) is 11.3. The molecular weight excluding hydrogens is 523 g/mol. The number of aromatic nitrogens is 2. The number of anilines is 1. The molecule has 0 atom stereocenters. The van der Waals surface area contributed by atoms with Crippen LogP contribution in [-0.2, 0) is 14.9 Å². The lowest BCUT2D eigenvalue weighted by Gasteiger charge is -2.26. The SMILES string of the molecule is Cc1cc(-n2nc(C(C)(C)C)cc2NC(=O)C(=O)c2ccc(OCCN3CCOCC3)c3ccccc23)ccc1F. The van der Waals surface area contributed by atoms with Crippen molar-refractivity contribution < 1.29 is 23.5 Å². The van der Waals surface area contributed by atoms with Crippen LogP contribution in [0.15, 0.2) is 60.7 Å². The first-order valence-corrected chi connectivity index (χ1v) is 13.8. The molecule has 0 spiro atoms. The molecule has 2 heterocycles. The summed E-state index contributed by atoms with van der Waals surface area (Å²) in [5.74, 6) is -0.826. The number of rotatable bonds is 8. The van der Waals surface area contributed by atoms with Crippen LogP contribution in [0.1, 0.15) is 42.4 Å². The van der Waals surface area contributed by atoms with Crippen LogP contribution in [0.2, 0.25) is 0 Å². The molecule has 1 N–H and O–H groups in total. The lowest BCUT2D eigenvalue weighted by atomic mass is 9.92. The second-order valence-corrected chi connectivity index (χ2v) is 11.3. The van der Waals surface area contributed by atoms with Crippen LogP contribution in [-0.4, -0.2) is 65.8 Å². The summed E-state index contributed by atoms with van der Waals surface area (Å²) in [5, 5.41) is 8.82. The molecular formula is C32H35FN4O4. The van der Waals surface area contributed by atoms with Gasteiger partial charge in [-0.25, -0.2) is 9.07 Å². The van der Waals surface area contributed by atoms with Crippen LogP contribution in [0.4, 0.5) is 10.2 Å². The normalized spacial score (nSPS) is 14.3. The van der Waals surface area contributed by atoms with Crippen molar-refractivity contribution in [2.24, 2.45) is 0 Å². The maximum Gasteiger partial charge on any atom is 0.297 e. The van der Waals surface area contributed by atoms with Gasteiger partial charge < -0.3 is 14.8 Å². The van der Waals surface area contributed by atoms with Crippen molar-refractivity contribution in [3.05, 3.63) is 83.3 Å². The molecule has 1 saturated heterocycles. The highest BCUT2D eigenvalue weighted by Crippen LogP contribution is 2.30. The Kier molecular flexibility index (Phi) is 8.19. The van der Waals surface area contributed by atoms with E-state index in [4.69, 9.17) is 9.47 Å². The third-order valence-corrected chi connectivity index (χ3v) is 7.21. The molecule has 0 unspecified atom stereocenters. The highest BCUT2D eigenvalue weighted by atomic mass is 19.1. The summed E-state index contributed by atoms with van der Waals surface area (Å²) in [4.78, 5) is 29.1. The van der Waals surface area contributed by atoms with Gasteiger partial charge in [0.1, 0.15) is 24.0 Å². The minimum Gasteiger partial charge on any atom is -0.492 e. The van der Waals surface area contributed by atoms with E-state index in [2.05, 4.69) is 15.3 Å². The number of amides is 1. The predicted molar refractivity (Wildman–Crippen MR) is 157 cm³/mol. The van der Waals surface area contributed by atoms with Crippen LogP contribution in [0.25, 0.3) is 16.5 Å². The maximum atomic E-state index is 14.0. The Balaban J connectivity index is 1.39. The molecule has 5 rings (SSSR count). The number of halogens is 1. The van der Waals surface area contributed by atoms with Crippen molar-refractivity contribution >= 4 is 28.3 Å². The van der Waals surface area contributed by atoms with Gasteiger partial charge in [0.2, 0.25) is 0 Å². The van der Waals surface area contributed by atoms with E-state index in [1.807, 2.05) is 45.0 Å². The summed E-state index contributed by atoms with van der Waals surface area (Å²) < 4.78 is 27.0. The van der Waals surface area contributed by atoms with Gasteiger partial charge >= 0.3 is 0 Å². The monoisotopic (exact) mass is 558 g/mol. The molecule has 1 fully saturated rings. The van der Waals surface area contributed by atoms with Gasteiger partial charge in [0.05, 0.1) is 24.6 Å². The molecule has 9 heteroatoms. The number of carbonyl (C=O) groups is 2. The van der Waals surface area contributed by atoms with Gasteiger partial charge in [-0.1, -0.05) is 45.0 Å². The van der Waals surface area contributed by atoms with Crippen LogP contribution in [0.5, 0.6) is 5.75 Å². The summed E-state index contributed by atoms with van der Waals surface area (Å²) in [6.07, 6.45) is 0. The van der Waals surface area contributed by atoms with Gasteiger partial charge in [-0.2, -0.15) is 5.10 Å². The number of aryl methyl sites for hydroxylation is 1. The molecule has 0 radical (unpaired) electrons. The average molecular weight is 559 g/mol. The number of benzene rings is 3. The summed E-state index contributed by atoms with van der Waals surface area (Å²) >= 11 is 0. The predicted octanol–water partition coefficient (Wildman–Crippen LogP) is 5.30. The number of hydrogen-bond acceptors (Lipinski definition) is 6. The number of ether oxygens (including phenoxy) is 2. The fraction of sp³-hybridized carbons (Fsp3) is 0.344. The number of fused-ring (bicyclic) bond motifs is 1. The minimum absolute atomic E-state index is 0.276. The van der Waals surface area contributed by atoms with E-state index < -0.39 is 11.7 Å². The van der Waals surface area contributed by atoms with E-state index in [-0.39, 0.29) is 16.8 Å². The van der Waals surface area contributed by atoms with Crippen LogP contribution >= 0.6 is 0 Å². The van der Waals surface area contributed by atoms with Gasteiger partial charge in [0, 0.05) is 42.1 Å². The fourth-order valence-electron chi connectivity index (χ4n) is 4.79. The van der Waals surface area contributed by atoms with Crippen molar-refractivity contribution in [1.29, 1.82) is 0 Å². The van der Waals surface area contributed by atoms with Gasteiger partial charge in [0.15, 0.2) is 0 Å². The smallest absolute Gasteiger partial charge is 0.297 e. The Labute approximate surface area is 239 Å². The van der Waals surface area contributed by atoms with Crippen LogP contribution in [0.3, 0.4) is 0 Å². The molecule has 0 aliphatic carbocycles. The van der Waals surface area contributed by atoms with E-state index in [0.717, 1.165) is 38.2 Å². The maximum absolute atomic E-state index is 14.0. The molecule has 8 nitrogen and oxygen atoms in total. The third kappa shape index (κ3) is 6.31. The molecule has 4 aromatic rings. The zero-order valence-corrected chi connectivity index (χ0v) is 23.9. The quantitative estimate of drug-likeness (QED) is 0.233. The third-order valence-electron chi connectivity index (χ3n) is 7.21. The van der Waals surface area contributed by atoms with Gasteiger partial charge in [-0.05, 0) is 48.2 Å². The zero-order chi connectivity index (χ0) is 29.1. The molecule has 0 saturated carbocycles. The summed E-state index contributed by atoms with van der Waals surface area (Å²) in [5.41, 5.74) is 1.69. The fourth-order valence-corrected chi connectivity index (χ4v) is 4.79. The van der Waals surface area contributed by atoms with E-state index in [9.17, 15) is 14.0 Å². The molecule has 1 amide bonds. The molecule has 41 heavy (non-hydrogen) atoms. The first-order valence-electron chi connectivity index (χ1n) is 13.8. The molecule has 214 valence electrons. The number of hydrogen-bond donors (Lipinski definition) is 1. The Morgan fingerprint density at radius 1 is 1.02 bits per heavy atom. The van der Waals surface area contributed by atoms with Crippen LogP contribution in [0, 0.1) is 12.7 Å². The average Bonchev–Trinajstić information content (AvgIpc) is 3.39. The van der Waals surface area contributed by atoms with Gasteiger partial charge in [0.25, 0.3) is 11.7 Å². The lowest BCUT2D eigenvalue weighted by Crippen LogP contribution is -2.38. The van der Waals surface area contributed by atoms with Crippen molar-refractivity contribution in [1.82, 2.24) is 14.7 Å². The number of nitrogens with zero attached hydrogens (tertiary/aromatic N) is 3. The summed E-state index contributed by atoms with van der Waals surface area (Å²) in [6.45, 7) is 12.2. The Morgan fingerprint density at radius 2 is 1.76 bits per heavy atom. The first-order chi connectivity index (χ1) is 19.6. The number of Topliss-reactive ketones (excluding diaryl/α,β-unsaturated/α-hetero) is 1. The first kappa shape index (κ1) is 28.4. The standard InChI is InChI=1S/C32H35FN4O4/c1-21-19-22(9-11-26(21)33)37-29(20-28(35-37)32(2,3)4)34-31(39)30(38)25-10-12-27(24-8-6-5-7-23(24)25)41-18-15-36-13-16-40-17-14-36/h5-12,19-20H,13-18H2,1-4H3,(H,34,39). The van der Waals surface area contributed by atoms with Crippen molar-refractivity contribution in [3.63, 3.8) is 0 Å². The number of morpholine rings is 1. The lowest BCUT2D eigenvalue weighted by molar-refractivity contribution is -0.112. The Bertz CT molecular complexity index is 1580. The van der Waals surface area contributed by atoms with Crippen molar-refractivity contribution in [3.8, 4) is 11.4 Å². The Morgan fingerprint density at radius 3 is 2.46 bits per heavy atom. The van der Waals surface area contributed by atoms with E-state index in [0.29, 0.717) is 40.5 Å². The number of carbonyl (C=O) groups excluding carboxylic acids is 2. The molecule has 0 bridgehead atoms. The molecule has 1 aliphatic heterocycles. The number of nitrogens with one attached hydrogen (secondary N) is 1. The van der Waals surface area contributed by atoms with E-state index in [1.165, 1.54) is 10.7 Å². The largest absolute Gasteiger partial charge is 0.492 e. The minimum atomic E-state index is -0.795. The second kappa shape index (κ2) is 11.8. The van der Waals surface area contributed by atoms with Gasteiger partial charge in [-0.3, -0.25) is 14.5 Å². The topological polar surface area (TPSA) is 85.7 Å². The van der Waals surface area contributed by atoms with Crippen molar-refractivity contribution in [2.45, 2.75) is 33.1 Å².